The number of aliphatic hydroxyl groups is 2. The maximum Gasteiger partial charge on any atom is 0.223 e. The van der Waals surface area contributed by atoms with Crippen LogP contribution in [0.5, 0.6) is 0 Å². The van der Waals surface area contributed by atoms with Gasteiger partial charge in [0, 0.05) is 24.3 Å². The van der Waals surface area contributed by atoms with Gasteiger partial charge in [-0.1, -0.05) is 34.1 Å². The highest BCUT2D eigenvalue weighted by Crippen LogP contribution is 2.44. The second kappa shape index (κ2) is 11.4. The second-order valence-electron chi connectivity index (χ2n) is 11.5. The van der Waals surface area contributed by atoms with Gasteiger partial charge in [0.1, 0.15) is 10.8 Å². The van der Waals surface area contributed by atoms with Gasteiger partial charge in [-0.05, 0) is 44.3 Å². The topological polar surface area (TPSA) is 138 Å². The highest BCUT2D eigenvalue weighted by Gasteiger charge is 2.52. The lowest BCUT2D eigenvalue weighted by molar-refractivity contribution is -0.143. The van der Waals surface area contributed by atoms with Crippen LogP contribution in [-0.4, -0.2) is 56.8 Å². The first-order chi connectivity index (χ1) is 16.8. The minimum Gasteiger partial charge on any atom is -0.392 e. The van der Waals surface area contributed by atoms with Gasteiger partial charge in [-0.2, -0.15) is 0 Å². The normalized spacial score (nSPS) is 36.8. The molecule has 5 N–H and O–H groups in total. The summed E-state index contributed by atoms with van der Waals surface area (Å²) in [5, 5.41) is 27.6. The Balaban J connectivity index is 1.85. The lowest BCUT2D eigenvalue weighted by Gasteiger charge is -2.34. The van der Waals surface area contributed by atoms with E-state index >= 15 is 0 Å². The van der Waals surface area contributed by atoms with E-state index < -0.39 is 23.5 Å². The molecule has 3 heterocycles. The summed E-state index contributed by atoms with van der Waals surface area (Å²) in [7, 11) is 0. The first-order valence-corrected chi connectivity index (χ1v) is 13.9. The number of aromatic nitrogens is 1. The molecule has 1 amide bonds. The number of ketones is 1. The molecule has 1 aromatic rings. The molecule has 0 bridgehead atoms. The lowest BCUT2D eigenvalue weighted by Crippen LogP contribution is -2.47. The fourth-order valence-electron chi connectivity index (χ4n) is 5.23. The molecule has 0 aromatic carbocycles. The molecule has 0 radical (unpaired) electrons. The van der Waals surface area contributed by atoms with Crippen molar-refractivity contribution in [3.05, 3.63) is 21.7 Å². The maximum absolute atomic E-state index is 13.2. The number of carbonyl (C=O) groups is 2. The summed E-state index contributed by atoms with van der Waals surface area (Å²) < 4.78 is 6.10. The smallest absolute Gasteiger partial charge is 0.223 e. The van der Waals surface area contributed by atoms with E-state index in [2.05, 4.69) is 17.2 Å². The van der Waals surface area contributed by atoms with E-state index in [0.29, 0.717) is 13.0 Å². The van der Waals surface area contributed by atoms with Crippen LogP contribution in [-0.2, 0) is 20.9 Å². The summed E-state index contributed by atoms with van der Waals surface area (Å²) in [5.74, 6) is -1.28. The summed E-state index contributed by atoms with van der Waals surface area (Å²) in [6.45, 7) is 11.4. The molecule has 0 spiro atoms. The number of nitrogens with one attached hydrogen (secondary N) is 1. The molecule has 8 nitrogen and oxygen atoms in total. The van der Waals surface area contributed by atoms with Crippen LogP contribution < -0.4 is 11.1 Å². The molecule has 0 saturated carbocycles. The fourth-order valence-corrected chi connectivity index (χ4v) is 5.86. The molecule has 7 atom stereocenters. The van der Waals surface area contributed by atoms with E-state index in [1.165, 1.54) is 11.3 Å². The third kappa shape index (κ3) is 6.61. The number of hydrogen-bond acceptors (Lipinski definition) is 8. The maximum atomic E-state index is 13.2. The van der Waals surface area contributed by atoms with Crippen LogP contribution in [0.2, 0.25) is 0 Å². The molecule has 0 aliphatic carbocycles. The molecular weight excluding hydrogens is 478 g/mol. The lowest BCUT2D eigenvalue weighted by atomic mass is 9.72. The van der Waals surface area contributed by atoms with Gasteiger partial charge < -0.3 is 26.0 Å². The Morgan fingerprint density at radius 1 is 1.31 bits per heavy atom. The van der Waals surface area contributed by atoms with Crippen LogP contribution in [0.3, 0.4) is 0 Å². The van der Waals surface area contributed by atoms with Crippen LogP contribution in [0.1, 0.15) is 84.3 Å². The molecule has 1 aromatic heterocycles. The number of fused-ring (bicyclic) bond motifs is 1. The molecule has 2 aliphatic heterocycles. The predicted molar refractivity (Wildman–Crippen MR) is 141 cm³/mol. The summed E-state index contributed by atoms with van der Waals surface area (Å²) in [4.78, 5) is 30.8. The standard InChI is InChI=1S/C27H43N3O5S/c1-15-8-7-9-27(6)21(35-27)11-19(16(2)10-18-14-36-23(13-28)29-18)30-22(32)12-20(31)26(4,5)25(34)17(3)24(15)33/h10,14-15,17,19-21,24,31,33H,7-9,11-13,28H2,1-6H3,(H,30,32)/b16-10+/t15?,17?,19-,20?,21-,24-,27+/m0/s1. The average molecular weight is 522 g/mol. The Bertz CT molecular complexity index is 976. The number of carbonyl (C=O) groups excluding carboxylic acids is 2. The van der Waals surface area contributed by atoms with E-state index in [9.17, 15) is 19.8 Å². The molecule has 2 aliphatic rings. The van der Waals surface area contributed by atoms with Gasteiger partial charge >= 0.3 is 0 Å². The number of ether oxygens (including phenoxy) is 1. The molecular formula is C27H43N3O5S. The van der Waals surface area contributed by atoms with Gasteiger partial charge in [0.05, 0.1) is 47.5 Å². The highest BCUT2D eigenvalue weighted by molar-refractivity contribution is 7.09. The van der Waals surface area contributed by atoms with Crippen LogP contribution in [0.4, 0.5) is 0 Å². The summed E-state index contributed by atoms with van der Waals surface area (Å²) in [6, 6.07) is -0.300. The molecule has 202 valence electrons. The molecule has 9 heteroatoms. The average Bonchev–Trinajstić information content (AvgIpc) is 3.23. The number of hydrogen-bond donors (Lipinski definition) is 4. The Hall–Kier alpha value is -1.65. The minimum absolute atomic E-state index is 0.00353. The van der Waals surface area contributed by atoms with Gasteiger partial charge in [-0.3, -0.25) is 9.59 Å². The van der Waals surface area contributed by atoms with Crippen molar-refractivity contribution in [1.29, 1.82) is 0 Å². The van der Waals surface area contributed by atoms with Crippen molar-refractivity contribution in [1.82, 2.24) is 10.3 Å². The molecule has 36 heavy (non-hydrogen) atoms. The number of rotatable bonds is 3. The number of amides is 1. The van der Waals surface area contributed by atoms with E-state index in [0.717, 1.165) is 35.5 Å². The zero-order valence-electron chi connectivity index (χ0n) is 22.4. The van der Waals surface area contributed by atoms with Crippen molar-refractivity contribution in [2.45, 2.75) is 110 Å². The molecule has 2 saturated heterocycles. The van der Waals surface area contributed by atoms with Crippen molar-refractivity contribution < 1.29 is 24.5 Å². The molecule has 3 rings (SSSR count). The summed E-state index contributed by atoms with van der Waals surface area (Å²) in [5.41, 5.74) is 5.98. The summed E-state index contributed by atoms with van der Waals surface area (Å²) in [6.07, 6.45) is 2.84. The first-order valence-electron chi connectivity index (χ1n) is 13.0. The van der Waals surface area contributed by atoms with E-state index in [1.54, 1.807) is 20.8 Å². The molecule has 2 fully saturated rings. The van der Waals surface area contributed by atoms with E-state index in [1.807, 2.05) is 25.3 Å². The number of aliphatic hydroxyl groups excluding tert-OH is 2. The van der Waals surface area contributed by atoms with Gasteiger partial charge in [0.25, 0.3) is 0 Å². The van der Waals surface area contributed by atoms with Crippen LogP contribution in [0, 0.1) is 17.3 Å². The zero-order chi connectivity index (χ0) is 26.8. The Morgan fingerprint density at radius 2 is 2.00 bits per heavy atom. The Kier molecular flexibility index (Phi) is 9.15. The van der Waals surface area contributed by atoms with Gasteiger partial charge in [0.2, 0.25) is 5.91 Å². The van der Waals surface area contributed by atoms with Gasteiger partial charge in [-0.25, -0.2) is 4.98 Å². The summed E-state index contributed by atoms with van der Waals surface area (Å²) >= 11 is 1.50. The molecule has 3 unspecified atom stereocenters. The highest BCUT2D eigenvalue weighted by atomic mass is 32.1. The van der Waals surface area contributed by atoms with Crippen molar-refractivity contribution in [2.75, 3.05) is 0 Å². The number of nitrogens with zero attached hydrogens (tertiary/aromatic N) is 1. The van der Waals surface area contributed by atoms with Crippen molar-refractivity contribution in [3.8, 4) is 0 Å². The number of Topliss-reactive ketones (excluding diaryl/α,β-unsaturated/α-hetero) is 1. The third-order valence-electron chi connectivity index (χ3n) is 8.18. The van der Waals surface area contributed by atoms with E-state index in [-0.39, 0.29) is 41.8 Å². The Labute approximate surface area is 218 Å². The van der Waals surface area contributed by atoms with Crippen LogP contribution in [0.15, 0.2) is 11.0 Å². The number of thiazole rings is 1. The van der Waals surface area contributed by atoms with Gasteiger partial charge in [0.15, 0.2) is 0 Å². The van der Waals surface area contributed by atoms with Crippen LogP contribution >= 0.6 is 11.3 Å². The minimum atomic E-state index is -1.18. The number of epoxide rings is 1. The number of nitrogens with two attached hydrogens (primary N) is 1. The van der Waals surface area contributed by atoms with E-state index in [4.69, 9.17) is 10.5 Å². The van der Waals surface area contributed by atoms with Crippen molar-refractivity contribution >= 4 is 29.1 Å². The van der Waals surface area contributed by atoms with Crippen LogP contribution in [0.25, 0.3) is 6.08 Å². The third-order valence-corrected chi connectivity index (χ3v) is 9.07. The van der Waals surface area contributed by atoms with Crippen molar-refractivity contribution in [3.63, 3.8) is 0 Å². The SMILES string of the molecule is C/C(=C\c1csc(CN)n1)[C@@H]1C[C@@H]2O[C@]2(C)CCCC(C)[C@H](O)C(C)C(=O)C(C)(C)C(O)CC(=O)N1. The Morgan fingerprint density at radius 3 is 2.64 bits per heavy atom. The second-order valence-corrected chi connectivity index (χ2v) is 12.4. The van der Waals surface area contributed by atoms with Gasteiger partial charge in [-0.15, -0.1) is 11.3 Å². The predicted octanol–water partition coefficient (Wildman–Crippen LogP) is 3.20. The largest absolute Gasteiger partial charge is 0.392 e. The quantitative estimate of drug-likeness (QED) is 0.448. The zero-order valence-corrected chi connectivity index (χ0v) is 23.2. The van der Waals surface area contributed by atoms with Crippen molar-refractivity contribution in [2.24, 2.45) is 23.0 Å². The fraction of sp³-hybridized carbons (Fsp3) is 0.741. The monoisotopic (exact) mass is 521 g/mol. The first kappa shape index (κ1) is 28.9.